The molecule has 1 amide bonds. The van der Waals surface area contributed by atoms with Gasteiger partial charge in [-0.3, -0.25) is 4.79 Å². The predicted molar refractivity (Wildman–Crippen MR) is 83.1 cm³/mol. The van der Waals surface area contributed by atoms with Gasteiger partial charge in [0.15, 0.2) is 0 Å². The Bertz CT molecular complexity index is 597. The van der Waals surface area contributed by atoms with Crippen molar-refractivity contribution in [2.24, 2.45) is 0 Å². The maximum Gasteiger partial charge on any atom is 0.224 e. The van der Waals surface area contributed by atoms with E-state index in [9.17, 15) is 4.79 Å². The molecule has 1 aromatic carbocycles. The van der Waals surface area contributed by atoms with E-state index in [1.165, 1.54) is 0 Å². The number of benzene rings is 1. The van der Waals surface area contributed by atoms with E-state index < -0.39 is 0 Å². The molecule has 1 N–H and O–H groups in total. The number of aromatic nitrogens is 2. The lowest BCUT2D eigenvalue weighted by Crippen LogP contribution is -2.26. The van der Waals surface area contributed by atoms with Gasteiger partial charge in [-0.1, -0.05) is 0 Å². The number of ether oxygens (including phenoxy) is 2. The van der Waals surface area contributed by atoms with E-state index in [-0.39, 0.29) is 12.3 Å². The number of carbonyl (C=O) groups excluding carboxylic acids is 1. The fourth-order valence-electron chi connectivity index (χ4n) is 2.16. The molecule has 2 rings (SSSR count). The van der Waals surface area contributed by atoms with Gasteiger partial charge in [-0.05, 0) is 24.6 Å². The summed E-state index contributed by atoms with van der Waals surface area (Å²) in [6, 6.07) is 5.44. The van der Waals surface area contributed by atoms with Crippen molar-refractivity contribution in [3.8, 4) is 11.5 Å². The molecule has 6 nitrogen and oxygen atoms in total. The van der Waals surface area contributed by atoms with Crippen molar-refractivity contribution in [3.05, 3.63) is 42.5 Å². The lowest BCUT2D eigenvalue weighted by Gasteiger charge is -2.11. The summed E-state index contributed by atoms with van der Waals surface area (Å²) >= 11 is 0. The number of rotatable bonds is 8. The van der Waals surface area contributed by atoms with Crippen molar-refractivity contribution < 1.29 is 14.3 Å². The van der Waals surface area contributed by atoms with E-state index in [1.807, 2.05) is 22.9 Å². The molecule has 1 aromatic heterocycles. The molecule has 0 fully saturated rings. The van der Waals surface area contributed by atoms with E-state index >= 15 is 0 Å². The van der Waals surface area contributed by atoms with E-state index in [2.05, 4.69) is 10.3 Å². The van der Waals surface area contributed by atoms with Crippen molar-refractivity contribution in [1.82, 2.24) is 14.9 Å². The van der Waals surface area contributed by atoms with Crippen LogP contribution in [0.15, 0.2) is 36.9 Å². The van der Waals surface area contributed by atoms with Crippen molar-refractivity contribution in [2.45, 2.75) is 19.4 Å². The van der Waals surface area contributed by atoms with Crippen molar-refractivity contribution in [1.29, 1.82) is 0 Å². The van der Waals surface area contributed by atoms with Gasteiger partial charge in [0.2, 0.25) is 5.91 Å². The van der Waals surface area contributed by atoms with Gasteiger partial charge in [0.1, 0.15) is 11.5 Å². The van der Waals surface area contributed by atoms with Crippen LogP contribution < -0.4 is 14.8 Å². The summed E-state index contributed by atoms with van der Waals surface area (Å²) in [6.45, 7) is 1.46. The number of nitrogens with one attached hydrogen (secondary N) is 1. The topological polar surface area (TPSA) is 65.4 Å². The fourth-order valence-corrected chi connectivity index (χ4v) is 2.16. The van der Waals surface area contributed by atoms with Crippen molar-refractivity contribution in [3.63, 3.8) is 0 Å². The van der Waals surface area contributed by atoms with Crippen LogP contribution >= 0.6 is 0 Å². The third-order valence-electron chi connectivity index (χ3n) is 3.31. The molecule has 0 spiro atoms. The van der Waals surface area contributed by atoms with Crippen molar-refractivity contribution >= 4 is 5.91 Å². The molecule has 0 unspecified atom stereocenters. The number of hydrogen-bond acceptors (Lipinski definition) is 4. The molecule has 0 bridgehead atoms. The number of methoxy groups -OCH3 is 2. The van der Waals surface area contributed by atoms with E-state index in [0.29, 0.717) is 18.0 Å². The minimum atomic E-state index is -0.0304. The van der Waals surface area contributed by atoms with Crippen LogP contribution in [0, 0.1) is 0 Å². The summed E-state index contributed by atoms with van der Waals surface area (Å²) in [5, 5.41) is 2.91. The zero-order chi connectivity index (χ0) is 15.8. The van der Waals surface area contributed by atoms with Crippen LogP contribution in [0.25, 0.3) is 0 Å². The molecule has 2 aromatic rings. The molecule has 6 heteroatoms. The Labute approximate surface area is 130 Å². The Kier molecular flexibility index (Phi) is 5.82. The van der Waals surface area contributed by atoms with Gasteiger partial charge < -0.3 is 19.4 Å². The lowest BCUT2D eigenvalue weighted by molar-refractivity contribution is -0.120. The van der Waals surface area contributed by atoms with E-state index in [0.717, 1.165) is 18.5 Å². The van der Waals surface area contributed by atoms with Gasteiger partial charge in [0.25, 0.3) is 0 Å². The lowest BCUT2D eigenvalue weighted by atomic mass is 10.1. The van der Waals surface area contributed by atoms with E-state index in [4.69, 9.17) is 9.47 Å². The van der Waals surface area contributed by atoms with Gasteiger partial charge in [0.05, 0.1) is 27.0 Å². The molecule has 118 valence electrons. The first-order valence-corrected chi connectivity index (χ1v) is 7.16. The Balaban J connectivity index is 1.81. The molecule has 0 aliphatic rings. The third-order valence-corrected chi connectivity index (χ3v) is 3.31. The highest BCUT2D eigenvalue weighted by Gasteiger charge is 2.09. The zero-order valence-corrected chi connectivity index (χ0v) is 12.9. The minimum Gasteiger partial charge on any atom is -0.497 e. The van der Waals surface area contributed by atoms with Gasteiger partial charge in [-0.2, -0.15) is 0 Å². The second-order valence-corrected chi connectivity index (χ2v) is 4.86. The Morgan fingerprint density at radius 1 is 1.32 bits per heavy atom. The highest BCUT2D eigenvalue weighted by Crippen LogP contribution is 2.24. The van der Waals surface area contributed by atoms with Gasteiger partial charge in [-0.15, -0.1) is 0 Å². The van der Waals surface area contributed by atoms with Crippen LogP contribution in [-0.2, 0) is 17.8 Å². The van der Waals surface area contributed by atoms with Crippen LogP contribution in [-0.4, -0.2) is 36.2 Å². The SMILES string of the molecule is COc1ccc(OC)c(CC(=O)NCCCn2ccnc2)c1. The van der Waals surface area contributed by atoms with Crippen LogP contribution in [0.1, 0.15) is 12.0 Å². The highest BCUT2D eigenvalue weighted by molar-refractivity contribution is 5.79. The molecule has 0 aliphatic carbocycles. The fraction of sp³-hybridized carbons (Fsp3) is 0.375. The summed E-state index contributed by atoms with van der Waals surface area (Å²) in [4.78, 5) is 16.0. The van der Waals surface area contributed by atoms with Crippen LogP contribution in [0.2, 0.25) is 0 Å². The molecule has 0 atom stereocenters. The van der Waals surface area contributed by atoms with Crippen LogP contribution in [0.3, 0.4) is 0 Å². The minimum absolute atomic E-state index is 0.0304. The molecule has 22 heavy (non-hydrogen) atoms. The van der Waals surface area contributed by atoms with Crippen LogP contribution in [0.5, 0.6) is 11.5 Å². The Morgan fingerprint density at radius 2 is 2.18 bits per heavy atom. The predicted octanol–water partition coefficient (Wildman–Crippen LogP) is 1.65. The first kappa shape index (κ1) is 15.9. The number of amides is 1. The number of nitrogens with zero attached hydrogens (tertiary/aromatic N) is 2. The monoisotopic (exact) mass is 303 g/mol. The number of aryl methyl sites for hydroxylation is 1. The molecule has 0 saturated carbocycles. The highest BCUT2D eigenvalue weighted by atomic mass is 16.5. The number of carbonyl (C=O) groups is 1. The smallest absolute Gasteiger partial charge is 0.224 e. The average Bonchev–Trinajstić information content (AvgIpc) is 3.05. The number of hydrogen-bond donors (Lipinski definition) is 1. The van der Waals surface area contributed by atoms with E-state index in [1.54, 1.807) is 32.8 Å². The quantitative estimate of drug-likeness (QED) is 0.753. The summed E-state index contributed by atoms with van der Waals surface area (Å²) in [7, 11) is 3.19. The second kappa shape index (κ2) is 8.07. The molecular weight excluding hydrogens is 282 g/mol. The largest absolute Gasteiger partial charge is 0.497 e. The Hall–Kier alpha value is -2.50. The zero-order valence-electron chi connectivity index (χ0n) is 12.9. The maximum absolute atomic E-state index is 12.0. The first-order valence-electron chi connectivity index (χ1n) is 7.16. The molecule has 0 radical (unpaired) electrons. The summed E-state index contributed by atoms with van der Waals surface area (Å²) < 4.78 is 12.4. The van der Waals surface area contributed by atoms with Crippen molar-refractivity contribution in [2.75, 3.05) is 20.8 Å². The van der Waals surface area contributed by atoms with Gasteiger partial charge >= 0.3 is 0 Å². The molecule has 1 heterocycles. The molecule has 0 aliphatic heterocycles. The first-order chi connectivity index (χ1) is 10.7. The maximum atomic E-state index is 12.0. The normalized spacial score (nSPS) is 10.3. The Morgan fingerprint density at radius 3 is 2.86 bits per heavy atom. The second-order valence-electron chi connectivity index (χ2n) is 4.86. The standard InChI is InChI=1S/C16H21N3O3/c1-21-14-4-5-15(22-2)13(10-14)11-16(20)18-6-3-8-19-9-7-17-12-19/h4-5,7,9-10,12H,3,6,8,11H2,1-2H3,(H,18,20). The van der Waals surface area contributed by atoms with Gasteiger partial charge in [-0.25, -0.2) is 4.98 Å². The summed E-state index contributed by atoms with van der Waals surface area (Å²) in [6.07, 6.45) is 6.54. The van der Waals surface area contributed by atoms with Crippen LogP contribution in [0.4, 0.5) is 0 Å². The third kappa shape index (κ3) is 4.51. The summed E-state index contributed by atoms with van der Waals surface area (Å²) in [5.41, 5.74) is 0.814. The average molecular weight is 303 g/mol. The number of imidazole rings is 1. The van der Waals surface area contributed by atoms with Gasteiger partial charge in [0, 0.05) is 31.0 Å². The molecular formula is C16H21N3O3. The summed E-state index contributed by atoms with van der Waals surface area (Å²) in [5.74, 6) is 1.37. The molecule has 0 saturated heterocycles.